The molecule has 2 aliphatic carbocycles. The van der Waals surface area contributed by atoms with Gasteiger partial charge in [-0.25, -0.2) is 0 Å². The molecule has 1 aliphatic heterocycles. The lowest BCUT2D eigenvalue weighted by atomic mass is 9.52. The first-order valence-corrected chi connectivity index (χ1v) is 10.4. The van der Waals surface area contributed by atoms with E-state index in [0.29, 0.717) is 27.8 Å². The third-order valence-electron chi connectivity index (χ3n) is 6.98. The molecule has 0 radical (unpaired) electrons. The molecule has 0 aromatic heterocycles. The van der Waals surface area contributed by atoms with E-state index in [-0.39, 0.29) is 5.41 Å². The topological polar surface area (TPSA) is 32.3 Å². The number of phenols is 1. The number of nitrogens with one attached hydrogen (secondary N) is 1. The van der Waals surface area contributed by atoms with Gasteiger partial charge in [0.05, 0.1) is 5.02 Å². The largest absolute Gasteiger partial charge is 0.507 e. The minimum Gasteiger partial charge on any atom is -0.507 e. The van der Waals surface area contributed by atoms with Crippen LogP contribution < -0.4 is 5.32 Å². The van der Waals surface area contributed by atoms with E-state index in [4.69, 9.17) is 23.2 Å². The maximum Gasteiger partial charge on any atom is 0.123 e. The number of halogens is 2. The molecule has 136 valence electrons. The Labute approximate surface area is 164 Å². The van der Waals surface area contributed by atoms with Gasteiger partial charge in [0.2, 0.25) is 0 Å². The van der Waals surface area contributed by atoms with Crippen molar-refractivity contribution in [3.8, 4) is 16.9 Å². The highest BCUT2D eigenvalue weighted by Crippen LogP contribution is 2.55. The molecule has 2 aromatic carbocycles. The van der Waals surface area contributed by atoms with Crippen LogP contribution in [0.2, 0.25) is 10.0 Å². The Morgan fingerprint density at radius 3 is 2.77 bits per heavy atom. The Hall–Kier alpha value is -1.22. The monoisotopic (exact) mass is 387 g/mol. The molecule has 4 heteroatoms. The molecule has 1 saturated heterocycles. The van der Waals surface area contributed by atoms with E-state index < -0.39 is 0 Å². The SMILES string of the molecule is Oc1cc2c(cc1-c1ccc(Cl)cc1Cl)C[C@@H]1NCC[C@]23CCCC[C@H]13. The van der Waals surface area contributed by atoms with Crippen molar-refractivity contribution >= 4 is 23.2 Å². The summed E-state index contributed by atoms with van der Waals surface area (Å²) in [6, 6.07) is 10.3. The van der Waals surface area contributed by atoms with Crippen molar-refractivity contribution in [2.24, 2.45) is 5.92 Å². The first-order chi connectivity index (χ1) is 12.6. The molecule has 1 saturated carbocycles. The van der Waals surface area contributed by atoms with E-state index in [9.17, 15) is 5.11 Å². The van der Waals surface area contributed by atoms with E-state index in [1.54, 1.807) is 6.07 Å². The van der Waals surface area contributed by atoms with Crippen LogP contribution in [0, 0.1) is 5.92 Å². The second kappa shape index (κ2) is 6.15. The van der Waals surface area contributed by atoms with Crippen LogP contribution in [0.1, 0.15) is 43.2 Å². The average molecular weight is 388 g/mol. The van der Waals surface area contributed by atoms with Gasteiger partial charge in [-0.3, -0.25) is 0 Å². The van der Waals surface area contributed by atoms with Crippen molar-refractivity contribution < 1.29 is 5.11 Å². The zero-order chi connectivity index (χ0) is 17.9. The van der Waals surface area contributed by atoms with Crippen LogP contribution in [0.3, 0.4) is 0 Å². The molecular formula is C22H23Cl2NO. The summed E-state index contributed by atoms with van der Waals surface area (Å²) < 4.78 is 0. The first kappa shape index (κ1) is 16.9. The quantitative estimate of drug-likeness (QED) is 0.656. The van der Waals surface area contributed by atoms with Crippen molar-refractivity contribution in [3.05, 3.63) is 51.5 Å². The minimum absolute atomic E-state index is 0.252. The maximum atomic E-state index is 10.9. The van der Waals surface area contributed by atoms with Crippen LogP contribution in [-0.2, 0) is 11.8 Å². The van der Waals surface area contributed by atoms with Gasteiger partial charge in [0.15, 0.2) is 0 Å². The third-order valence-corrected chi connectivity index (χ3v) is 7.53. The van der Waals surface area contributed by atoms with E-state index >= 15 is 0 Å². The Morgan fingerprint density at radius 1 is 1.04 bits per heavy atom. The van der Waals surface area contributed by atoms with Gasteiger partial charge in [0.1, 0.15) is 5.75 Å². The van der Waals surface area contributed by atoms with Crippen molar-refractivity contribution in [3.63, 3.8) is 0 Å². The molecule has 0 spiro atoms. The Balaban J connectivity index is 1.67. The standard InChI is InChI=1S/C22H23Cl2NO/c23-14-4-5-15(19(24)11-14)16-9-13-10-20-17-3-1-2-6-22(17,7-8-25-20)18(13)12-21(16)26/h4-5,9,11-12,17,20,25-26H,1-3,6-8,10H2/t17-,20+,22+/m1/s1. The van der Waals surface area contributed by atoms with Gasteiger partial charge in [-0.05, 0) is 73.5 Å². The normalized spacial score (nSPS) is 29.8. The van der Waals surface area contributed by atoms with Gasteiger partial charge in [-0.1, -0.05) is 42.1 Å². The molecule has 2 nitrogen and oxygen atoms in total. The number of rotatable bonds is 1. The summed E-state index contributed by atoms with van der Waals surface area (Å²) in [6.07, 6.45) is 7.42. The van der Waals surface area contributed by atoms with Gasteiger partial charge in [0.25, 0.3) is 0 Å². The summed E-state index contributed by atoms with van der Waals surface area (Å²) in [5, 5.41) is 15.9. The second-order valence-corrected chi connectivity index (χ2v) is 9.02. The zero-order valence-corrected chi connectivity index (χ0v) is 16.2. The molecule has 2 bridgehead atoms. The molecule has 2 N–H and O–H groups in total. The highest BCUT2D eigenvalue weighted by molar-refractivity contribution is 6.36. The van der Waals surface area contributed by atoms with Crippen molar-refractivity contribution in [2.45, 2.75) is 50.0 Å². The fourth-order valence-electron chi connectivity index (χ4n) is 5.90. The molecule has 2 fully saturated rings. The van der Waals surface area contributed by atoms with Gasteiger partial charge >= 0.3 is 0 Å². The molecule has 5 rings (SSSR count). The van der Waals surface area contributed by atoms with Gasteiger partial charge in [0, 0.05) is 27.6 Å². The van der Waals surface area contributed by atoms with Crippen LogP contribution in [0.15, 0.2) is 30.3 Å². The van der Waals surface area contributed by atoms with Crippen molar-refractivity contribution in [2.75, 3.05) is 6.54 Å². The van der Waals surface area contributed by atoms with Crippen LogP contribution in [0.5, 0.6) is 5.75 Å². The van der Waals surface area contributed by atoms with E-state index in [0.717, 1.165) is 24.1 Å². The third kappa shape index (κ3) is 2.42. The average Bonchev–Trinajstić information content (AvgIpc) is 2.62. The summed E-state index contributed by atoms with van der Waals surface area (Å²) in [4.78, 5) is 0. The van der Waals surface area contributed by atoms with Gasteiger partial charge < -0.3 is 10.4 Å². The van der Waals surface area contributed by atoms with Crippen molar-refractivity contribution in [1.82, 2.24) is 5.32 Å². The maximum absolute atomic E-state index is 10.9. The number of phenolic OH excluding ortho intramolecular Hbond substituents is 1. The molecule has 0 unspecified atom stereocenters. The Bertz CT molecular complexity index is 877. The van der Waals surface area contributed by atoms with E-state index in [1.165, 1.54) is 43.2 Å². The van der Waals surface area contributed by atoms with Gasteiger partial charge in [-0.2, -0.15) is 0 Å². The summed E-state index contributed by atoms with van der Waals surface area (Å²) in [6.45, 7) is 1.09. The van der Waals surface area contributed by atoms with E-state index in [1.807, 2.05) is 12.1 Å². The van der Waals surface area contributed by atoms with E-state index in [2.05, 4.69) is 17.4 Å². The molecule has 3 atom stereocenters. The number of hydrogen-bond acceptors (Lipinski definition) is 2. The first-order valence-electron chi connectivity index (χ1n) is 9.64. The number of hydrogen-bond donors (Lipinski definition) is 2. The summed E-state index contributed by atoms with van der Waals surface area (Å²) in [7, 11) is 0. The molecule has 0 amide bonds. The predicted octanol–water partition coefficient (Wildman–Crippen LogP) is 5.71. The molecule has 1 heterocycles. The fourth-order valence-corrected chi connectivity index (χ4v) is 6.41. The lowest BCUT2D eigenvalue weighted by Gasteiger charge is -2.56. The molecule has 3 aliphatic rings. The molecule has 2 aromatic rings. The van der Waals surface area contributed by atoms with Crippen LogP contribution in [-0.4, -0.2) is 17.7 Å². The smallest absolute Gasteiger partial charge is 0.123 e. The van der Waals surface area contributed by atoms with Crippen LogP contribution in [0.25, 0.3) is 11.1 Å². The minimum atomic E-state index is 0.252. The Morgan fingerprint density at radius 2 is 1.92 bits per heavy atom. The molecular weight excluding hydrogens is 365 g/mol. The summed E-state index contributed by atoms with van der Waals surface area (Å²) in [5.41, 5.74) is 4.68. The van der Waals surface area contributed by atoms with Gasteiger partial charge in [-0.15, -0.1) is 0 Å². The number of fused-ring (bicyclic) bond motifs is 1. The zero-order valence-electron chi connectivity index (χ0n) is 14.7. The van der Waals surface area contributed by atoms with Crippen LogP contribution in [0.4, 0.5) is 0 Å². The highest BCUT2D eigenvalue weighted by Gasteiger charge is 2.51. The number of benzene rings is 2. The molecule has 26 heavy (non-hydrogen) atoms. The fraction of sp³-hybridized carbons (Fsp3) is 0.455. The number of aromatic hydroxyl groups is 1. The summed E-state index contributed by atoms with van der Waals surface area (Å²) >= 11 is 12.5. The highest BCUT2D eigenvalue weighted by atomic mass is 35.5. The predicted molar refractivity (Wildman–Crippen MR) is 107 cm³/mol. The van der Waals surface area contributed by atoms with Crippen LogP contribution >= 0.6 is 23.2 Å². The second-order valence-electron chi connectivity index (χ2n) is 8.17. The Kier molecular flexibility index (Phi) is 4.00. The lowest BCUT2D eigenvalue weighted by molar-refractivity contribution is 0.0796. The lowest BCUT2D eigenvalue weighted by Crippen LogP contribution is -2.59. The summed E-state index contributed by atoms with van der Waals surface area (Å²) in [5.74, 6) is 1.05. The van der Waals surface area contributed by atoms with Crippen molar-refractivity contribution in [1.29, 1.82) is 0 Å². The number of piperidine rings is 1.